The molecule has 0 amide bonds. The molecule has 1 aromatic carbocycles. The van der Waals surface area contributed by atoms with E-state index in [1.54, 1.807) is 0 Å². The Hall–Kier alpha value is -0.670. The van der Waals surface area contributed by atoms with E-state index >= 15 is 0 Å². The second-order valence-corrected chi connectivity index (χ2v) is 6.41. The summed E-state index contributed by atoms with van der Waals surface area (Å²) in [6, 6.07) is 7.91. The molecule has 4 heteroatoms. The second kappa shape index (κ2) is 6.48. The lowest BCUT2D eigenvalue weighted by atomic mass is 9.89. The summed E-state index contributed by atoms with van der Waals surface area (Å²) >= 11 is 8.02. The molecule has 0 heterocycles. The predicted molar refractivity (Wildman–Crippen MR) is 76.1 cm³/mol. The summed E-state index contributed by atoms with van der Waals surface area (Å²) < 4.78 is 0. The third-order valence-electron chi connectivity index (χ3n) is 3.46. The minimum atomic E-state index is -0.635. The van der Waals surface area contributed by atoms with Crippen molar-refractivity contribution in [3.8, 4) is 0 Å². The van der Waals surface area contributed by atoms with Crippen molar-refractivity contribution < 1.29 is 9.90 Å². The standard InChI is InChI=1S/C14H17ClO2S/c15-13-4-2-1-3-11(13)9-18-12-7-5-10(6-8-12)14(16)17/h1-4,10,12H,5-9H2,(H,16,17). The van der Waals surface area contributed by atoms with Gasteiger partial charge in [-0.15, -0.1) is 0 Å². The third kappa shape index (κ3) is 3.66. The Morgan fingerprint density at radius 2 is 1.94 bits per heavy atom. The van der Waals surface area contributed by atoms with Crippen LogP contribution in [0.4, 0.5) is 0 Å². The quantitative estimate of drug-likeness (QED) is 0.899. The van der Waals surface area contributed by atoms with Crippen LogP contribution in [0.2, 0.25) is 5.02 Å². The van der Waals surface area contributed by atoms with E-state index in [4.69, 9.17) is 16.7 Å². The van der Waals surface area contributed by atoms with Gasteiger partial charge in [0.25, 0.3) is 0 Å². The van der Waals surface area contributed by atoms with Crippen molar-refractivity contribution in [2.75, 3.05) is 0 Å². The van der Waals surface area contributed by atoms with E-state index < -0.39 is 5.97 Å². The van der Waals surface area contributed by atoms with Crippen LogP contribution < -0.4 is 0 Å². The van der Waals surface area contributed by atoms with Crippen LogP contribution in [0.3, 0.4) is 0 Å². The van der Waals surface area contributed by atoms with Crippen molar-refractivity contribution in [3.63, 3.8) is 0 Å². The molecule has 0 saturated heterocycles. The molecule has 1 saturated carbocycles. The summed E-state index contributed by atoms with van der Waals surface area (Å²) in [6.07, 6.45) is 3.64. The van der Waals surface area contributed by atoms with Crippen LogP contribution in [-0.4, -0.2) is 16.3 Å². The van der Waals surface area contributed by atoms with Crippen LogP contribution in [0.1, 0.15) is 31.2 Å². The Morgan fingerprint density at radius 3 is 2.56 bits per heavy atom. The zero-order chi connectivity index (χ0) is 13.0. The topological polar surface area (TPSA) is 37.3 Å². The van der Waals surface area contributed by atoms with Crippen LogP contribution in [0, 0.1) is 5.92 Å². The molecule has 0 spiro atoms. The molecule has 0 radical (unpaired) electrons. The van der Waals surface area contributed by atoms with Gasteiger partial charge in [0.15, 0.2) is 0 Å². The molecule has 0 unspecified atom stereocenters. The van der Waals surface area contributed by atoms with Gasteiger partial charge in [-0.2, -0.15) is 11.8 Å². The molecule has 2 nitrogen and oxygen atoms in total. The highest BCUT2D eigenvalue weighted by Crippen LogP contribution is 2.34. The molecule has 0 aromatic heterocycles. The van der Waals surface area contributed by atoms with E-state index in [1.807, 2.05) is 30.0 Å². The van der Waals surface area contributed by atoms with Gasteiger partial charge < -0.3 is 5.11 Å². The van der Waals surface area contributed by atoms with Crippen LogP contribution in [0.5, 0.6) is 0 Å². The normalized spacial score (nSPS) is 23.8. The van der Waals surface area contributed by atoms with Gasteiger partial charge in [0.1, 0.15) is 0 Å². The van der Waals surface area contributed by atoms with Gasteiger partial charge in [0.2, 0.25) is 0 Å². The summed E-state index contributed by atoms with van der Waals surface area (Å²) in [5.41, 5.74) is 1.17. The maximum absolute atomic E-state index is 10.9. The fourth-order valence-corrected chi connectivity index (χ4v) is 3.85. The van der Waals surface area contributed by atoms with E-state index in [9.17, 15) is 4.79 Å². The minimum absolute atomic E-state index is 0.123. The smallest absolute Gasteiger partial charge is 0.306 e. The number of carboxylic acid groups (broad SMARTS) is 1. The molecular formula is C14H17ClO2S. The Balaban J connectivity index is 1.79. The van der Waals surface area contributed by atoms with Gasteiger partial charge in [0.05, 0.1) is 5.92 Å². The van der Waals surface area contributed by atoms with E-state index in [1.165, 1.54) is 5.56 Å². The molecule has 1 fully saturated rings. The Labute approximate surface area is 117 Å². The molecule has 98 valence electrons. The Morgan fingerprint density at radius 1 is 1.28 bits per heavy atom. The predicted octanol–water partition coefficient (Wildman–Crippen LogP) is 4.22. The number of thioether (sulfide) groups is 1. The average molecular weight is 285 g/mol. The highest BCUT2D eigenvalue weighted by Gasteiger charge is 2.25. The molecule has 1 aliphatic rings. The number of aliphatic carboxylic acids is 1. The molecular weight excluding hydrogens is 268 g/mol. The molecule has 1 aliphatic carbocycles. The molecule has 0 bridgehead atoms. The van der Waals surface area contributed by atoms with Crippen molar-refractivity contribution in [2.45, 2.75) is 36.7 Å². The van der Waals surface area contributed by atoms with Gasteiger partial charge >= 0.3 is 5.97 Å². The van der Waals surface area contributed by atoms with Crippen LogP contribution in [0.25, 0.3) is 0 Å². The van der Waals surface area contributed by atoms with Gasteiger partial charge in [-0.05, 0) is 37.3 Å². The number of halogens is 1. The fourth-order valence-electron chi connectivity index (χ4n) is 2.30. The monoisotopic (exact) mass is 284 g/mol. The van der Waals surface area contributed by atoms with Crippen molar-refractivity contribution in [3.05, 3.63) is 34.9 Å². The molecule has 0 atom stereocenters. The largest absolute Gasteiger partial charge is 0.481 e. The van der Waals surface area contributed by atoms with Crippen LogP contribution in [0.15, 0.2) is 24.3 Å². The van der Waals surface area contributed by atoms with E-state index in [2.05, 4.69) is 6.07 Å². The molecule has 0 aliphatic heterocycles. The highest BCUT2D eigenvalue weighted by atomic mass is 35.5. The maximum Gasteiger partial charge on any atom is 0.306 e. The van der Waals surface area contributed by atoms with Gasteiger partial charge in [-0.25, -0.2) is 0 Å². The summed E-state index contributed by atoms with van der Waals surface area (Å²) in [7, 11) is 0. The summed E-state index contributed by atoms with van der Waals surface area (Å²) in [4.78, 5) is 10.9. The average Bonchev–Trinajstić information content (AvgIpc) is 2.38. The first-order valence-corrected chi connectivity index (χ1v) is 7.67. The lowest BCUT2D eigenvalue weighted by molar-refractivity contribution is -0.142. The lowest BCUT2D eigenvalue weighted by Crippen LogP contribution is -2.22. The molecule has 1 aromatic rings. The second-order valence-electron chi connectivity index (χ2n) is 4.71. The van der Waals surface area contributed by atoms with Crippen LogP contribution in [-0.2, 0) is 10.5 Å². The molecule has 1 N–H and O–H groups in total. The number of hydrogen-bond acceptors (Lipinski definition) is 2. The number of rotatable bonds is 4. The minimum Gasteiger partial charge on any atom is -0.481 e. The van der Waals surface area contributed by atoms with Crippen molar-refractivity contribution in [2.24, 2.45) is 5.92 Å². The van der Waals surface area contributed by atoms with Gasteiger partial charge in [-0.3, -0.25) is 4.79 Å². The van der Waals surface area contributed by atoms with Crippen molar-refractivity contribution in [1.29, 1.82) is 0 Å². The maximum atomic E-state index is 10.9. The number of carboxylic acids is 1. The summed E-state index contributed by atoms with van der Waals surface area (Å²) in [5.74, 6) is 0.161. The SMILES string of the molecule is O=C(O)C1CCC(SCc2ccccc2Cl)CC1. The third-order valence-corrected chi connectivity index (χ3v) is 5.25. The van der Waals surface area contributed by atoms with Crippen molar-refractivity contribution in [1.82, 2.24) is 0 Å². The summed E-state index contributed by atoms with van der Waals surface area (Å²) in [5, 5.41) is 10.3. The Kier molecular flexibility index (Phi) is 4.95. The van der Waals surface area contributed by atoms with E-state index in [0.29, 0.717) is 5.25 Å². The number of carbonyl (C=O) groups is 1. The first-order chi connectivity index (χ1) is 8.66. The summed E-state index contributed by atoms with van der Waals surface area (Å²) in [6.45, 7) is 0. The Bertz CT molecular complexity index is 414. The highest BCUT2D eigenvalue weighted by molar-refractivity contribution is 7.99. The first-order valence-electron chi connectivity index (χ1n) is 6.24. The number of hydrogen-bond donors (Lipinski definition) is 1. The van der Waals surface area contributed by atoms with E-state index in [0.717, 1.165) is 36.5 Å². The van der Waals surface area contributed by atoms with E-state index in [-0.39, 0.29) is 5.92 Å². The molecule has 2 rings (SSSR count). The van der Waals surface area contributed by atoms with Crippen LogP contribution >= 0.6 is 23.4 Å². The van der Waals surface area contributed by atoms with Crippen molar-refractivity contribution >= 4 is 29.3 Å². The fraction of sp³-hybridized carbons (Fsp3) is 0.500. The molecule has 18 heavy (non-hydrogen) atoms. The zero-order valence-corrected chi connectivity index (χ0v) is 11.7. The number of benzene rings is 1. The zero-order valence-electron chi connectivity index (χ0n) is 10.1. The van der Waals surface area contributed by atoms with Gasteiger partial charge in [0, 0.05) is 16.0 Å². The van der Waals surface area contributed by atoms with Gasteiger partial charge in [-0.1, -0.05) is 29.8 Å². The lowest BCUT2D eigenvalue weighted by Gasteiger charge is -2.25. The first kappa shape index (κ1) is 13.8.